The molecule has 0 spiro atoms. The van der Waals surface area contributed by atoms with E-state index < -0.39 is 0 Å². The highest BCUT2D eigenvalue weighted by molar-refractivity contribution is 5.94. The molecule has 1 aromatic rings. The molecule has 0 heterocycles. The molecule has 0 fully saturated rings. The second kappa shape index (κ2) is 9.00. The van der Waals surface area contributed by atoms with Crippen LogP contribution in [0.25, 0.3) is 0 Å². The van der Waals surface area contributed by atoms with Crippen molar-refractivity contribution in [2.75, 3.05) is 39.8 Å². The number of aliphatic imine (C=N–C) groups is 1. The zero-order valence-corrected chi connectivity index (χ0v) is 12.1. The predicted molar refractivity (Wildman–Crippen MR) is 79.3 cm³/mol. The Morgan fingerprint density at radius 1 is 1.25 bits per heavy atom. The fraction of sp³-hybridized carbons (Fsp3) is 0.462. The van der Waals surface area contributed by atoms with Crippen LogP contribution in [-0.2, 0) is 4.74 Å². The minimum atomic E-state index is 0.463. The van der Waals surface area contributed by atoms with Crippen LogP contribution in [0.4, 0.5) is 5.69 Å². The number of hydrogen-bond donors (Lipinski definition) is 3. The van der Waals surface area contributed by atoms with Gasteiger partial charge in [0.15, 0.2) is 0 Å². The van der Waals surface area contributed by atoms with Crippen LogP contribution in [0.15, 0.2) is 23.2 Å². The number of nitrogens with zero attached hydrogens (tertiary/aromatic N) is 1. The van der Waals surface area contributed by atoms with Crippen molar-refractivity contribution in [1.82, 2.24) is 5.43 Å². The Bertz CT molecular complexity index is 438. The summed E-state index contributed by atoms with van der Waals surface area (Å²) in [4.78, 5) is 4.30. The van der Waals surface area contributed by atoms with E-state index in [0.717, 1.165) is 12.1 Å². The van der Waals surface area contributed by atoms with Crippen LogP contribution in [-0.4, -0.2) is 40.4 Å². The molecule has 0 radical (unpaired) electrons. The maximum absolute atomic E-state index is 5.44. The van der Waals surface area contributed by atoms with Crippen molar-refractivity contribution in [3.8, 4) is 11.5 Å². The lowest BCUT2D eigenvalue weighted by Gasteiger charge is -2.13. The van der Waals surface area contributed by atoms with Gasteiger partial charge in [0.1, 0.15) is 11.5 Å². The number of rotatable bonds is 7. The number of hydrogen-bond acceptors (Lipinski definition) is 5. The highest BCUT2D eigenvalue weighted by atomic mass is 16.5. The molecule has 0 atom stereocenters. The number of guanidine groups is 1. The highest BCUT2D eigenvalue weighted by Crippen LogP contribution is 2.28. The minimum absolute atomic E-state index is 0.463. The smallest absolute Gasteiger partial charge is 0.210 e. The van der Waals surface area contributed by atoms with Gasteiger partial charge in [-0.1, -0.05) is 0 Å². The first-order valence-corrected chi connectivity index (χ1v) is 6.24. The van der Waals surface area contributed by atoms with Gasteiger partial charge in [-0.3, -0.25) is 10.4 Å². The van der Waals surface area contributed by atoms with E-state index in [-0.39, 0.29) is 0 Å². The van der Waals surface area contributed by atoms with Gasteiger partial charge in [0.05, 0.1) is 19.9 Å². The van der Waals surface area contributed by atoms with E-state index in [9.17, 15) is 0 Å². The summed E-state index contributed by atoms with van der Waals surface area (Å²) in [6, 6.07) is 5.44. The molecule has 4 N–H and O–H groups in total. The van der Waals surface area contributed by atoms with Crippen LogP contribution in [0.2, 0.25) is 0 Å². The average molecular weight is 282 g/mol. The topological polar surface area (TPSA) is 90.1 Å². The normalized spacial score (nSPS) is 11.1. The van der Waals surface area contributed by atoms with Gasteiger partial charge in [-0.25, -0.2) is 5.84 Å². The number of nitrogens with two attached hydrogens (primary N) is 1. The zero-order valence-electron chi connectivity index (χ0n) is 12.1. The number of ether oxygens (including phenoxy) is 3. The van der Waals surface area contributed by atoms with E-state index >= 15 is 0 Å². The third-order valence-corrected chi connectivity index (χ3v) is 2.57. The summed E-state index contributed by atoms with van der Waals surface area (Å²) in [5.74, 6) is 7.26. The summed E-state index contributed by atoms with van der Waals surface area (Å²) in [6.45, 7) is 1.27. The number of nitrogens with one attached hydrogen (secondary N) is 2. The molecule has 0 amide bonds. The van der Waals surface area contributed by atoms with Crippen LogP contribution < -0.4 is 26.1 Å². The summed E-state index contributed by atoms with van der Waals surface area (Å²) < 4.78 is 15.4. The molecule has 1 aromatic carbocycles. The first-order chi connectivity index (χ1) is 9.74. The Labute approximate surface area is 119 Å². The molecule has 0 aliphatic heterocycles. The van der Waals surface area contributed by atoms with Crippen LogP contribution in [0, 0.1) is 0 Å². The molecular formula is C13H22N4O3. The maximum Gasteiger partial charge on any atom is 0.210 e. The Morgan fingerprint density at radius 2 is 2.05 bits per heavy atom. The van der Waals surface area contributed by atoms with Gasteiger partial charge in [0.2, 0.25) is 5.96 Å². The minimum Gasteiger partial charge on any atom is -0.497 e. The largest absolute Gasteiger partial charge is 0.497 e. The molecule has 0 saturated heterocycles. The summed E-state index contributed by atoms with van der Waals surface area (Å²) in [7, 11) is 4.85. The fourth-order valence-electron chi connectivity index (χ4n) is 1.55. The van der Waals surface area contributed by atoms with E-state index in [1.165, 1.54) is 0 Å². The van der Waals surface area contributed by atoms with Gasteiger partial charge >= 0.3 is 0 Å². The Hall–Kier alpha value is -1.99. The second-order valence-electron chi connectivity index (χ2n) is 3.91. The molecule has 0 aromatic heterocycles. The molecular weight excluding hydrogens is 260 g/mol. The van der Waals surface area contributed by atoms with Crippen molar-refractivity contribution in [3.05, 3.63) is 18.2 Å². The average Bonchev–Trinajstić information content (AvgIpc) is 2.50. The predicted octanol–water partition coefficient (Wildman–Crippen LogP) is 0.972. The Morgan fingerprint density at radius 3 is 2.65 bits per heavy atom. The number of methoxy groups -OCH3 is 3. The standard InChI is InChI=1S/C13H22N4O3/c1-18-8-4-7-15-13(17-14)16-11-6-5-10(19-2)9-12(11)20-3/h5-6,9H,4,7-8,14H2,1-3H3,(H2,15,16,17). The van der Waals surface area contributed by atoms with E-state index in [2.05, 4.69) is 15.7 Å². The molecule has 7 heteroatoms. The first kappa shape index (κ1) is 16.1. The van der Waals surface area contributed by atoms with Crippen LogP contribution in [0.5, 0.6) is 11.5 Å². The van der Waals surface area contributed by atoms with Gasteiger partial charge in [-0.15, -0.1) is 0 Å². The van der Waals surface area contributed by atoms with Crippen molar-refractivity contribution in [1.29, 1.82) is 0 Å². The third kappa shape index (κ3) is 4.94. The van der Waals surface area contributed by atoms with Gasteiger partial charge < -0.3 is 19.5 Å². The van der Waals surface area contributed by atoms with Crippen LogP contribution in [0.3, 0.4) is 0 Å². The monoisotopic (exact) mass is 282 g/mol. The molecule has 7 nitrogen and oxygen atoms in total. The lowest BCUT2D eigenvalue weighted by Crippen LogP contribution is -2.36. The lowest BCUT2D eigenvalue weighted by molar-refractivity contribution is 0.197. The molecule has 1 rings (SSSR count). The van der Waals surface area contributed by atoms with Gasteiger partial charge in [0, 0.05) is 26.3 Å². The summed E-state index contributed by atoms with van der Waals surface area (Å²) in [6.07, 6.45) is 0.823. The number of hydrazine groups is 1. The van der Waals surface area contributed by atoms with Gasteiger partial charge in [0.25, 0.3) is 0 Å². The first-order valence-electron chi connectivity index (χ1n) is 6.24. The van der Waals surface area contributed by atoms with E-state index in [4.69, 9.17) is 20.1 Å². The van der Waals surface area contributed by atoms with E-state index in [1.807, 2.05) is 12.1 Å². The van der Waals surface area contributed by atoms with Gasteiger partial charge in [-0.2, -0.15) is 0 Å². The molecule has 0 saturated carbocycles. The van der Waals surface area contributed by atoms with Crippen molar-refractivity contribution in [2.24, 2.45) is 10.8 Å². The molecule has 0 aliphatic carbocycles. The van der Waals surface area contributed by atoms with Gasteiger partial charge in [-0.05, 0) is 18.6 Å². The van der Waals surface area contributed by atoms with E-state index in [1.54, 1.807) is 27.4 Å². The zero-order chi connectivity index (χ0) is 14.8. The number of anilines is 1. The molecule has 20 heavy (non-hydrogen) atoms. The lowest BCUT2D eigenvalue weighted by atomic mass is 10.2. The summed E-state index contributed by atoms with van der Waals surface area (Å²) in [5.41, 5.74) is 3.27. The number of benzene rings is 1. The Balaban J connectivity index is 2.73. The van der Waals surface area contributed by atoms with E-state index in [0.29, 0.717) is 30.6 Å². The molecule has 112 valence electrons. The third-order valence-electron chi connectivity index (χ3n) is 2.57. The van der Waals surface area contributed by atoms with Crippen molar-refractivity contribution >= 4 is 11.6 Å². The molecule has 0 unspecified atom stereocenters. The highest BCUT2D eigenvalue weighted by Gasteiger charge is 2.06. The van der Waals surface area contributed by atoms with Crippen LogP contribution in [0.1, 0.15) is 6.42 Å². The quantitative estimate of drug-likeness (QED) is 0.227. The van der Waals surface area contributed by atoms with Crippen molar-refractivity contribution in [2.45, 2.75) is 6.42 Å². The second-order valence-corrected chi connectivity index (χ2v) is 3.91. The maximum atomic E-state index is 5.44. The van der Waals surface area contributed by atoms with Crippen molar-refractivity contribution in [3.63, 3.8) is 0 Å². The molecule has 0 bridgehead atoms. The Kier molecular flexibility index (Phi) is 7.23. The summed E-state index contributed by atoms with van der Waals surface area (Å²) >= 11 is 0. The van der Waals surface area contributed by atoms with Crippen LogP contribution >= 0.6 is 0 Å². The molecule has 0 aliphatic rings. The SMILES string of the molecule is COCCCN=C(NN)Nc1ccc(OC)cc1OC. The summed E-state index contributed by atoms with van der Waals surface area (Å²) in [5, 5.41) is 3.07. The van der Waals surface area contributed by atoms with Crippen molar-refractivity contribution < 1.29 is 14.2 Å². The fourth-order valence-corrected chi connectivity index (χ4v) is 1.55.